The Kier molecular flexibility index (Phi) is 3.85. The van der Waals surface area contributed by atoms with Crippen LogP contribution < -0.4 is 5.73 Å². The second-order valence-electron chi connectivity index (χ2n) is 6.12. The van der Waals surface area contributed by atoms with Crippen molar-refractivity contribution in [2.45, 2.75) is 32.4 Å². The van der Waals surface area contributed by atoms with Crippen LogP contribution in [-0.4, -0.2) is 45.5 Å². The van der Waals surface area contributed by atoms with Crippen molar-refractivity contribution in [2.75, 3.05) is 13.1 Å². The van der Waals surface area contributed by atoms with E-state index in [0.29, 0.717) is 13.1 Å². The fourth-order valence-corrected chi connectivity index (χ4v) is 2.13. The lowest BCUT2D eigenvalue weighted by Crippen LogP contribution is -2.46. The van der Waals surface area contributed by atoms with Crippen molar-refractivity contribution < 1.29 is 9.53 Å². The molecule has 0 saturated heterocycles. The zero-order chi connectivity index (χ0) is 14.9. The summed E-state index contributed by atoms with van der Waals surface area (Å²) in [4.78, 5) is 13.8. The van der Waals surface area contributed by atoms with Gasteiger partial charge in [0.2, 0.25) is 0 Å². The van der Waals surface area contributed by atoms with E-state index >= 15 is 0 Å². The first kappa shape index (κ1) is 14.6. The van der Waals surface area contributed by atoms with Gasteiger partial charge in [0.05, 0.1) is 6.20 Å². The van der Waals surface area contributed by atoms with Crippen LogP contribution in [-0.2, 0) is 11.8 Å². The Labute approximate surface area is 119 Å². The largest absolute Gasteiger partial charge is 0.444 e. The minimum absolute atomic E-state index is 0.188. The Morgan fingerprint density at radius 3 is 2.75 bits per heavy atom. The summed E-state index contributed by atoms with van der Waals surface area (Å²) in [5.74, 6) is 0. The maximum absolute atomic E-state index is 12.1. The van der Waals surface area contributed by atoms with Crippen LogP contribution in [0.2, 0.25) is 0 Å². The number of aryl methyl sites for hydroxylation is 1. The van der Waals surface area contributed by atoms with Crippen LogP contribution in [0.3, 0.4) is 0 Å². The highest BCUT2D eigenvalue weighted by molar-refractivity contribution is 5.75. The number of carbonyl (C=O) groups is 1. The van der Waals surface area contributed by atoms with Crippen molar-refractivity contribution in [3.63, 3.8) is 0 Å². The molecule has 1 unspecified atom stereocenters. The Balaban J connectivity index is 2.12. The van der Waals surface area contributed by atoms with Crippen LogP contribution in [0.25, 0.3) is 5.57 Å². The third-order valence-corrected chi connectivity index (χ3v) is 2.94. The molecule has 1 aromatic rings. The predicted molar refractivity (Wildman–Crippen MR) is 77.0 cm³/mol. The number of hydrogen-bond acceptors (Lipinski definition) is 4. The molecule has 0 radical (unpaired) electrons. The molecule has 0 fully saturated rings. The zero-order valence-corrected chi connectivity index (χ0v) is 12.5. The molecular weight excluding hydrogens is 256 g/mol. The van der Waals surface area contributed by atoms with Gasteiger partial charge in [0.25, 0.3) is 0 Å². The standard InChI is InChI=1S/C14H22N4O2/c1-14(2,3)20-13(19)18-8-10(5-12(15)9-18)11-6-16-17(4)7-11/h5-7,12H,8-9,15H2,1-4H3. The second-order valence-corrected chi connectivity index (χ2v) is 6.12. The summed E-state index contributed by atoms with van der Waals surface area (Å²) in [6.45, 7) is 6.53. The average molecular weight is 278 g/mol. The van der Waals surface area contributed by atoms with Crippen molar-refractivity contribution in [1.82, 2.24) is 14.7 Å². The van der Waals surface area contributed by atoms with E-state index in [0.717, 1.165) is 11.1 Å². The second kappa shape index (κ2) is 5.28. The van der Waals surface area contributed by atoms with Crippen LogP contribution in [0.1, 0.15) is 26.3 Å². The van der Waals surface area contributed by atoms with Gasteiger partial charge in [0, 0.05) is 37.9 Å². The fourth-order valence-electron chi connectivity index (χ4n) is 2.13. The highest BCUT2D eigenvalue weighted by Crippen LogP contribution is 2.21. The summed E-state index contributed by atoms with van der Waals surface area (Å²) < 4.78 is 7.13. The minimum Gasteiger partial charge on any atom is -0.444 e. The molecule has 1 atom stereocenters. The number of hydrogen-bond donors (Lipinski definition) is 1. The lowest BCUT2D eigenvalue weighted by molar-refractivity contribution is 0.0265. The molecule has 0 bridgehead atoms. The van der Waals surface area contributed by atoms with Crippen LogP contribution in [0.15, 0.2) is 18.5 Å². The maximum atomic E-state index is 12.1. The molecule has 2 rings (SSSR count). The Morgan fingerprint density at radius 1 is 1.50 bits per heavy atom. The molecule has 110 valence electrons. The topological polar surface area (TPSA) is 73.4 Å². The molecule has 1 amide bonds. The van der Waals surface area contributed by atoms with E-state index in [1.54, 1.807) is 15.8 Å². The van der Waals surface area contributed by atoms with Gasteiger partial charge in [-0.1, -0.05) is 6.08 Å². The number of carbonyl (C=O) groups excluding carboxylic acids is 1. The summed E-state index contributed by atoms with van der Waals surface area (Å²) in [6, 6.07) is -0.188. The zero-order valence-electron chi connectivity index (χ0n) is 12.5. The first-order valence-electron chi connectivity index (χ1n) is 6.68. The van der Waals surface area contributed by atoms with Crippen molar-refractivity contribution in [3.8, 4) is 0 Å². The van der Waals surface area contributed by atoms with Gasteiger partial charge in [-0.15, -0.1) is 0 Å². The third kappa shape index (κ3) is 3.60. The van der Waals surface area contributed by atoms with Gasteiger partial charge in [-0.2, -0.15) is 5.10 Å². The highest BCUT2D eigenvalue weighted by atomic mass is 16.6. The number of nitrogens with zero attached hydrogens (tertiary/aromatic N) is 3. The smallest absolute Gasteiger partial charge is 0.410 e. The number of aromatic nitrogens is 2. The van der Waals surface area contributed by atoms with E-state index in [1.807, 2.05) is 40.1 Å². The Morgan fingerprint density at radius 2 is 2.20 bits per heavy atom. The van der Waals surface area contributed by atoms with Gasteiger partial charge in [0.15, 0.2) is 0 Å². The SMILES string of the molecule is Cn1cc(C2=CC(N)CN(C(=O)OC(C)(C)C)C2)cn1. The maximum Gasteiger partial charge on any atom is 0.410 e. The van der Waals surface area contributed by atoms with Gasteiger partial charge >= 0.3 is 6.09 Å². The molecule has 0 aliphatic carbocycles. The van der Waals surface area contributed by atoms with Crippen molar-refractivity contribution in [3.05, 3.63) is 24.0 Å². The van der Waals surface area contributed by atoms with E-state index < -0.39 is 5.60 Å². The molecule has 0 saturated carbocycles. The summed E-state index contributed by atoms with van der Waals surface area (Å²) in [6.07, 6.45) is 5.34. The number of ether oxygens (including phenoxy) is 1. The number of amides is 1. The van der Waals surface area contributed by atoms with Crippen LogP contribution in [0.5, 0.6) is 0 Å². The minimum atomic E-state index is -0.503. The third-order valence-electron chi connectivity index (χ3n) is 2.94. The van der Waals surface area contributed by atoms with Gasteiger partial charge in [-0.25, -0.2) is 4.79 Å². The Bertz CT molecular complexity index is 528. The molecule has 20 heavy (non-hydrogen) atoms. The van der Waals surface area contributed by atoms with Crippen LogP contribution in [0.4, 0.5) is 4.79 Å². The normalized spacial score (nSPS) is 19.8. The molecule has 1 aliphatic heterocycles. The molecule has 2 heterocycles. The number of rotatable bonds is 1. The van der Waals surface area contributed by atoms with Crippen LogP contribution >= 0.6 is 0 Å². The monoisotopic (exact) mass is 278 g/mol. The highest BCUT2D eigenvalue weighted by Gasteiger charge is 2.27. The quantitative estimate of drug-likeness (QED) is 0.842. The molecule has 0 aromatic carbocycles. The lowest BCUT2D eigenvalue weighted by Gasteiger charge is -2.32. The van der Waals surface area contributed by atoms with Crippen molar-refractivity contribution >= 4 is 11.7 Å². The van der Waals surface area contributed by atoms with E-state index in [2.05, 4.69) is 5.10 Å². The van der Waals surface area contributed by atoms with E-state index in [9.17, 15) is 4.79 Å². The summed E-state index contributed by atoms with van der Waals surface area (Å²) in [5, 5.41) is 4.15. The summed E-state index contributed by atoms with van der Waals surface area (Å²) in [7, 11) is 1.86. The van der Waals surface area contributed by atoms with Gasteiger partial charge in [-0.05, 0) is 26.3 Å². The number of nitrogens with two attached hydrogens (primary N) is 1. The summed E-state index contributed by atoms with van der Waals surface area (Å²) in [5.41, 5.74) is 7.49. The van der Waals surface area contributed by atoms with E-state index in [1.165, 1.54) is 0 Å². The predicted octanol–water partition coefficient (Wildman–Crippen LogP) is 1.38. The van der Waals surface area contributed by atoms with E-state index in [4.69, 9.17) is 10.5 Å². The van der Waals surface area contributed by atoms with Crippen molar-refractivity contribution in [2.24, 2.45) is 12.8 Å². The van der Waals surface area contributed by atoms with Gasteiger partial charge in [-0.3, -0.25) is 4.68 Å². The molecule has 6 heteroatoms. The summed E-state index contributed by atoms with van der Waals surface area (Å²) >= 11 is 0. The van der Waals surface area contributed by atoms with Crippen molar-refractivity contribution in [1.29, 1.82) is 0 Å². The van der Waals surface area contributed by atoms with E-state index in [-0.39, 0.29) is 12.1 Å². The lowest BCUT2D eigenvalue weighted by atomic mass is 10.0. The first-order chi connectivity index (χ1) is 9.24. The fraction of sp³-hybridized carbons (Fsp3) is 0.571. The van der Waals surface area contributed by atoms with Gasteiger partial charge in [0.1, 0.15) is 5.60 Å². The van der Waals surface area contributed by atoms with Crippen LogP contribution in [0, 0.1) is 0 Å². The van der Waals surface area contributed by atoms with Gasteiger partial charge < -0.3 is 15.4 Å². The molecule has 6 nitrogen and oxygen atoms in total. The molecule has 2 N–H and O–H groups in total. The molecule has 1 aliphatic rings. The molecule has 1 aromatic heterocycles. The first-order valence-corrected chi connectivity index (χ1v) is 6.68. The average Bonchev–Trinajstić information content (AvgIpc) is 2.73. The molecular formula is C14H22N4O2. The Hall–Kier alpha value is -1.82. The molecule has 0 spiro atoms.